The fraction of sp³-hybridized carbons (Fsp3) is 0.571. The average Bonchev–Trinajstić information content (AvgIpc) is 2.85. The lowest BCUT2D eigenvalue weighted by Crippen LogP contribution is -2.26. The minimum Gasteiger partial charge on any atom is -0.233 e. The van der Waals surface area contributed by atoms with E-state index in [-0.39, 0.29) is 0 Å². The first kappa shape index (κ1) is 16.3. The molecule has 3 rings (SSSR count). The van der Waals surface area contributed by atoms with E-state index in [0.29, 0.717) is 11.8 Å². The van der Waals surface area contributed by atoms with Gasteiger partial charge >= 0.3 is 0 Å². The van der Waals surface area contributed by atoms with Gasteiger partial charge in [-0.2, -0.15) is 0 Å². The van der Waals surface area contributed by atoms with E-state index in [1.807, 2.05) is 0 Å². The van der Waals surface area contributed by atoms with Gasteiger partial charge in [0.2, 0.25) is 6.34 Å². The highest BCUT2D eigenvalue weighted by molar-refractivity contribution is 5.57. The Morgan fingerprint density at radius 1 is 0.913 bits per heavy atom. The van der Waals surface area contributed by atoms with Crippen LogP contribution < -0.4 is 0 Å². The largest absolute Gasteiger partial charge is 0.244 e. The minimum absolute atomic E-state index is 0.622. The van der Waals surface area contributed by atoms with E-state index in [1.54, 1.807) is 0 Å². The summed E-state index contributed by atoms with van der Waals surface area (Å²) in [5.74, 6) is 1.24. The first-order valence-corrected chi connectivity index (χ1v) is 9.01. The predicted molar refractivity (Wildman–Crippen MR) is 98.4 cm³/mol. The SMILES string of the molecule is CC1=CC(C)=C(N2C=[N+](C3=C(C)C=C(C)CC3C)CC2)C(C)C1. The second-order valence-electron chi connectivity index (χ2n) is 7.83. The molecule has 1 aliphatic heterocycles. The van der Waals surface area contributed by atoms with Gasteiger partial charge in [-0.05, 0) is 51.7 Å². The maximum Gasteiger partial charge on any atom is 0.244 e. The van der Waals surface area contributed by atoms with Crippen LogP contribution in [0, 0.1) is 11.8 Å². The van der Waals surface area contributed by atoms with Crippen molar-refractivity contribution in [1.82, 2.24) is 4.90 Å². The van der Waals surface area contributed by atoms with Crippen LogP contribution in [0.5, 0.6) is 0 Å². The van der Waals surface area contributed by atoms with Gasteiger partial charge in [-0.15, -0.1) is 0 Å². The predicted octanol–water partition coefficient (Wildman–Crippen LogP) is 4.86. The molecule has 0 bridgehead atoms. The second-order valence-corrected chi connectivity index (χ2v) is 7.83. The highest BCUT2D eigenvalue weighted by Gasteiger charge is 2.33. The van der Waals surface area contributed by atoms with Crippen molar-refractivity contribution in [3.8, 4) is 0 Å². The van der Waals surface area contributed by atoms with Crippen molar-refractivity contribution in [3.63, 3.8) is 0 Å². The Labute approximate surface area is 141 Å². The molecule has 3 aliphatic rings. The third-order valence-corrected chi connectivity index (χ3v) is 5.40. The lowest BCUT2D eigenvalue weighted by molar-refractivity contribution is -0.470. The summed E-state index contributed by atoms with van der Waals surface area (Å²) in [5.41, 5.74) is 8.94. The van der Waals surface area contributed by atoms with E-state index < -0.39 is 0 Å². The summed E-state index contributed by atoms with van der Waals surface area (Å²) in [6, 6.07) is 0. The van der Waals surface area contributed by atoms with Crippen molar-refractivity contribution in [2.45, 2.75) is 54.4 Å². The lowest BCUT2D eigenvalue weighted by Gasteiger charge is -2.24. The van der Waals surface area contributed by atoms with Gasteiger partial charge in [0.25, 0.3) is 0 Å². The highest BCUT2D eigenvalue weighted by Crippen LogP contribution is 2.34. The molecule has 2 atom stereocenters. The highest BCUT2D eigenvalue weighted by atomic mass is 15.3. The molecule has 0 spiro atoms. The summed E-state index contributed by atoms with van der Waals surface area (Å²) in [5, 5.41) is 0. The van der Waals surface area contributed by atoms with Crippen molar-refractivity contribution in [1.29, 1.82) is 0 Å². The molecule has 2 unspecified atom stereocenters. The van der Waals surface area contributed by atoms with E-state index in [4.69, 9.17) is 0 Å². The molecule has 0 N–H and O–H groups in total. The van der Waals surface area contributed by atoms with Gasteiger partial charge in [-0.1, -0.05) is 37.1 Å². The van der Waals surface area contributed by atoms with Crippen molar-refractivity contribution in [2.75, 3.05) is 13.1 Å². The maximum atomic E-state index is 2.50. The summed E-state index contributed by atoms with van der Waals surface area (Å²) in [4.78, 5) is 2.50. The van der Waals surface area contributed by atoms with Crippen LogP contribution in [0.15, 0.2) is 45.8 Å². The van der Waals surface area contributed by atoms with Crippen molar-refractivity contribution in [2.24, 2.45) is 11.8 Å². The number of rotatable bonds is 2. The molecule has 124 valence electrons. The smallest absolute Gasteiger partial charge is 0.233 e. The molecular weight excluding hydrogens is 280 g/mol. The summed E-state index contributed by atoms with van der Waals surface area (Å²) < 4.78 is 2.50. The van der Waals surface area contributed by atoms with Crippen LogP contribution >= 0.6 is 0 Å². The molecule has 2 nitrogen and oxygen atoms in total. The normalized spacial score (nSPS) is 29.0. The summed E-state index contributed by atoms with van der Waals surface area (Å²) in [7, 11) is 0. The number of hydrogen-bond acceptors (Lipinski definition) is 1. The van der Waals surface area contributed by atoms with Crippen LogP contribution in [0.1, 0.15) is 54.4 Å². The van der Waals surface area contributed by atoms with E-state index in [1.165, 1.54) is 46.5 Å². The Bertz CT molecular complexity index is 670. The topological polar surface area (TPSA) is 6.25 Å². The second kappa shape index (κ2) is 6.14. The summed E-state index contributed by atoms with van der Waals surface area (Å²) in [6.07, 6.45) is 9.49. The molecule has 0 aromatic carbocycles. The molecule has 0 saturated carbocycles. The number of hydrogen-bond donors (Lipinski definition) is 0. The Kier molecular flexibility index (Phi) is 4.35. The van der Waals surface area contributed by atoms with Crippen LogP contribution in [-0.2, 0) is 0 Å². The molecule has 2 heteroatoms. The monoisotopic (exact) mass is 311 g/mol. The Balaban J connectivity index is 1.93. The molecule has 0 amide bonds. The molecule has 0 aromatic rings. The van der Waals surface area contributed by atoms with Gasteiger partial charge in [0.15, 0.2) is 0 Å². The Morgan fingerprint density at radius 2 is 1.52 bits per heavy atom. The van der Waals surface area contributed by atoms with Gasteiger partial charge in [0.05, 0.1) is 0 Å². The number of allylic oxidation sites excluding steroid dienone is 8. The maximum absolute atomic E-state index is 2.50. The van der Waals surface area contributed by atoms with E-state index in [9.17, 15) is 0 Å². The molecule has 2 aliphatic carbocycles. The molecule has 0 aromatic heterocycles. The summed E-state index contributed by atoms with van der Waals surface area (Å²) in [6.45, 7) is 16.0. The van der Waals surface area contributed by atoms with Crippen LogP contribution in [-0.4, -0.2) is 28.9 Å². The average molecular weight is 311 g/mol. The number of nitrogens with zero attached hydrogens (tertiary/aromatic N) is 2. The fourth-order valence-corrected chi connectivity index (χ4v) is 4.83. The molecule has 0 fully saturated rings. The van der Waals surface area contributed by atoms with Crippen LogP contribution in [0.3, 0.4) is 0 Å². The molecular formula is C21H31N2+. The third-order valence-electron chi connectivity index (χ3n) is 5.40. The first-order chi connectivity index (χ1) is 10.9. The lowest BCUT2D eigenvalue weighted by atomic mass is 9.89. The summed E-state index contributed by atoms with van der Waals surface area (Å²) >= 11 is 0. The van der Waals surface area contributed by atoms with Gasteiger partial charge in [-0.25, -0.2) is 9.48 Å². The molecule has 0 radical (unpaired) electrons. The molecule has 0 saturated heterocycles. The van der Waals surface area contributed by atoms with Crippen LogP contribution in [0.2, 0.25) is 0 Å². The zero-order valence-electron chi connectivity index (χ0n) is 15.6. The first-order valence-electron chi connectivity index (χ1n) is 9.01. The van der Waals surface area contributed by atoms with E-state index in [0.717, 1.165) is 13.1 Å². The van der Waals surface area contributed by atoms with Gasteiger partial charge < -0.3 is 0 Å². The zero-order valence-corrected chi connectivity index (χ0v) is 15.6. The van der Waals surface area contributed by atoms with Crippen molar-refractivity contribution < 1.29 is 4.58 Å². The zero-order chi connectivity index (χ0) is 16.7. The van der Waals surface area contributed by atoms with Crippen LogP contribution in [0.25, 0.3) is 0 Å². The third kappa shape index (κ3) is 3.08. The Hall–Kier alpha value is -1.57. The van der Waals surface area contributed by atoms with Crippen molar-refractivity contribution in [3.05, 3.63) is 45.8 Å². The van der Waals surface area contributed by atoms with Gasteiger partial charge in [-0.3, -0.25) is 0 Å². The quantitative estimate of drug-likeness (QED) is 0.660. The van der Waals surface area contributed by atoms with E-state index in [2.05, 4.69) is 69.5 Å². The van der Waals surface area contributed by atoms with Crippen LogP contribution in [0.4, 0.5) is 0 Å². The minimum atomic E-state index is 0.622. The van der Waals surface area contributed by atoms with E-state index >= 15 is 0 Å². The van der Waals surface area contributed by atoms with Gasteiger partial charge in [0.1, 0.15) is 24.5 Å². The fourth-order valence-electron chi connectivity index (χ4n) is 4.83. The molecule has 1 heterocycles. The standard InChI is InChI=1S/C21H31N2/c1-14-9-16(3)20(17(4)10-14)22-7-8-23(13-22)21-18(5)11-15(2)12-19(21)6/h9,11,13,17,19H,7-8,10,12H2,1-6H3/q+1. The molecule has 23 heavy (non-hydrogen) atoms. The Morgan fingerprint density at radius 3 is 2.13 bits per heavy atom. The van der Waals surface area contributed by atoms with Gasteiger partial charge in [0, 0.05) is 11.8 Å². The van der Waals surface area contributed by atoms with Crippen molar-refractivity contribution >= 4 is 6.34 Å².